The van der Waals surface area contributed by atoms with E-state index in [1.54, 1.807) is 6.92 Å². The predicted molar refractivity (Wildman–Crippen MR) is 96.1 cm³/mol. The zero-order chi connectivity index (χ0) is 17.5. The molecular weight excluding hydrogens is 304 g/mol. The van der Waals surface area contributed by atoms with E-state index in [-0.39, 0.29) is 18.1 Å². The number of aromatic nitrogens is 1. The molecule has 1 aromatic rings. The molecule has 1 aromatic heterocycles. The monoisotopic (exact) mass is 334 g/mol. The van der Waals surface area contributed by atoms with E-state index < -0.39 is 0 Å². The Morgan fingerprint density at radius 3 is 2.67 bits per heavy atom. The molecule has 1 aliphatic heterocycles. The van der Waals surface area contributed by atoms with Gasteiger partial charge in [-0.05, 0) is 45.1 Å². The Hall–Kier alpha value is -1.82. The Kier molecular flexibility index (Phi) is 6.85. The summed E-state index contributed by atoms with van der Waals surface area (Å²) in [6.07, 6.45) is 2.74. The highest BCUT2D eigenvalue weighted by Crippen LogP contribution is 2.22. The van der Waals surface area contributed by atoms with Crippen molar-refractivity contribution in [2.24, 2.45) is 5.92 Å². The van der Waals surface area contributed by atoms with Crippen molar-refractivity contribution in [3.63, 3.8) is 0 Å². The molecule has 0 radical (unpaired) electrons. The lowest BCUT2D eigenvalue weighted by molar-refractivity contribution is 0.163. The van der Waals surface area contributed by atoms with Crippen LogP contribution in [0.5, 0.6) is 0 Å². The van der Waals surface area contributed by atoms with Gasteiger partial charge in [-0.2, -0.15) is 0 Å². The second-order valence-corrected chi connectivity index (χ2v) is 6.88. The normalized spacial score (nSPS) is 16.8. The summed E-state index contributed by atoms with van der Waals surface area (Å²) in [5.74, 6) is 1.24. The van der Waals surface area contributed by atoms with E-state index in [1.165, 1.54) is 12.8 Å². The molecule has 6 nitrogen and oxygen atoms in total. The maximum Gasteiger partial charge on any atom is 0.315 e. The average Bonchev–Trinajstić information content (AvgIpc) is 3.05. The molecule has 2 heterocycles. The number of pyridine rings is 1. The number of amides is 2. The lowest BCUT2D eigenvalue weighted by atomic mass is 10.1. The van der Waals surface area contributed by atoms with Gasteiger partial charge in [-0.15, -0.1) is 0 Å². The standard InChI is InChI=1S/C18H30N4O2/c1-13(10-15(3)23)11-19-18(24)20-12-16-7-6-14(2)21-17(16)22-8-4-5-9-22/h6-7,13,15,23H,4-5,8-12H2,1-3H3,(H2,19,20,24). The maximum absolute atomic E-state index is 12.0. The molecule has 1 aliphatic rings. The summed E-state index contributed by atoms with van der Waals surface area (Å²) < 4.78 is 0. The van der Waals surface area contributed by atoms with E-state index in [9.17, 15) is 9.90 Å². The minimum absolute atomic E-state index is 0.180. The number of nitrogens with zero attached hydrogens (tertiary/aromatic N) is 2. The highest BCUT2D eigenvalue weighted by molar-refractivity contribution is 5.74. The summed E-state index contributed by atoms with van der Waals surface area (Å²) in [6.45, 7) is 8.87. The molecule has 3 N–H and O–H groups in total. The number of carbonyl (C=O) groups is 1. The number of anilines is 1. The molecular formula is C18H30N4O2. The number of aliphatic hydroxyl groups excluding tert-OH is 1. The molecule has 6 heteroatoms. The summed E-state index contributed by atoms with van der Waals surface area (Å²) in [7, 11) is 0. The van der Waals surface area contributed by atoms with Crippen molar-refractivity contribution in [1.82, 2.24) is 15.6 Å². The summed E-state index contributed by atoms with van der Waals surface area (Å²) in [5.41, 5.74) is 2.05. The van der Waals surface area contributed by atoms with E-state index in [4.69, 9.17) is 0 Å². The van der Waals surface area contributed by atoms with Crippen molar-refractivity contribution < 1.29 is 9.90 Å². The van der Waals surface area contributed by atoms with Gasteiger partial charge in [0.2, 0.25) is 0 Å². The maximum atomic E-state index is 12.0. The Morgan fingerprint density at radius 1 is 1.29 bits per heavy atom. The smallest absolute Gasteiger partial charge is 0.315 e. The first-order valence-corrected chi connectivity index (χ1v) is 8.87. The van der Waals surface area contributed by atoms with Gasteiger partial charge in [0, 0.05) is 37.4 Å². The molecule has 2 rings (SSSR count). The third-order valence-electron chi connectivity index (χ3n) is 4.29. The summed E-state index contributed by atoms with van der Waals surface area (Å²) in [4.78, 5) is 19.0. The molecule has 2 amide bonds. The van der Waals surface area contributed by atoms with E-state index in [0.717, 1.165) is 30.2 Å². The van der Waals surface area contributed by atoms with Crippen LogP contribution in [0.2, 0.25) is 0 Å². The first-order valence-electron chi connectivity index (χ1n) is 8.87. The Bertz CT molecular complexity index is 542. The van der Waals surface area contributed by atoms with Crippen molar-refractivity contribution in [2.75, 3.05) is 24.5 Å². The number of urea groups is 1. The van der Waals surface area contributed by atoms with Crippen LogP contribution in [0.15, 0.2) is 12.1 Å². The van der Waals surface area contributed by atoms with Crippen LogP contribution >= 0.6 is 0 Å². The topological polar surface area (TPSA) is 77.5 Å². The summed E-state index contributed by atoms with van der Waals surface area (Å²) in [6, 6.07) is 3.85. The van der Waals surface area contributed by atoms with Crippen LogP contribution in [0.1, 0.15) is 44.4 Å². The zero-order valence-electron chi connectivity index (χ0n) is 15.0. The van der Waals surface area contributed by atoms with Gasteiger partial charge < -0.3 is 20.6 Å². The van der Waals surface area contributed by atoms with Crippen molar-refractivity contribution in [1.29, 1.82) is 0 Å². The van der Waals surface area contributed by atoms with Crippen LogP contribution in [0.25, 0.3) is 0 Å². The number of nitrogens with one attached hydrogen (secondary N) is 2. The lowest BCUT2D eigenvalue weighted by Crippen LogP contribution is -2.38. The minimum atomic E-state index is -0.341. The van der Waals surface area contributed by atoms with E-state index in [0.29, 0.717) is 19.5 Å². The van der Waals surface area contributed by atoms with Crippen LogP contribution < -0.4 is 15.5 Å². The zero-order valence-corrected chi connectivity index (χ0v) is 15.0. The van der Waals surface area contributed by atoms with Crippen LogP contribution in [0, 0.1) is 12.8 Å². The van der Waals surface area contributed by atoms with Gasteiger partial charge in [0.15, 0.2) is 0 Å². The molecule has 0 aliphatic carbocycles. The quantitative estimate of drug-likeness (QED) is 0.714. The largest absolute Gasteiger partial charge is 0.393 e. The molecule has 134 valence electrons. The van der Waals surface area contributed by atoms with Gasteiger partial charge in [0.05, 0.1) is 6.10 Å². The number of rotatable bonds is 7. The molecule has 1 saturated heterocycles. The average molecular weight is 334 g/mol. The van der Waals surface area contributed by atoms with Gasteiger partial charge in [0.1, 0.15) is 5.82 Å². The lowest BCUT2D eigenvalue weighted by Gasteiger charge is -2.21. The molecule has 1 fully saturated rings. The molecule has 2 atom stereocenters. The van der Waals surface area contributed by atoms with E-state index in [1.807, 2.05) is 26.0 Å². The fourth-order valence-corrected chi connectivity index (χ4v) is 3.08. The molecule has 0 spiro atoms. The van der Waals surface area contributed by atoms with Crippen molar-refractivity contribution in [2.45, 2.75) is 52.7 Å². The number of aryl methyl sites for hydroxylation is 1. The fraction of sp³-hybridized carbons (Fsp3) is 0.667. The highest BCUT2D eigenvalue weighted by Gasteiger charge is 2.17. The Balaban J connectivity index is 1.86. The van der Waals surface area contributed by atoms with Crippen molar-refractivity contribution in [3.05, 3.63) is 23.4 Å². The molecule has 0 saturated carbocycles. The van der Waals surface area contributed by atoms with Crippen LogP contribution in [-0.4, -0.2) is 41.9 Å². The van der Waals surface area contributed by atoms with Crippen molar-refractivity contribution in [3.8, 4) is 0 Å². The van der Waals surface area contributed by atoms with Crippen LogP contribution in [-0.2, 0) is 6.54 Å². The fourth-order valence-electron chi connectivity index (χ4n) is 3.08. The van der Waals surface area contributed by atoms with Gasteiger partial charge in [0.25, 0.3) is 0 Å². The van der Waals surface area contributed by atoms with E-state index >= 15 is 0 Å². The number of aliphatic hydroxyl groups is 1. The van der Waals surface area contributed by atoms with Crippen LogP contribution in [0.4, 0.5) is 10.6 Å². The SMILES string of the molecule is Cc1ccc(CNC(=O)NCC(C)CC(C)O)c(N2CCCC2)n1. The van der Waals surface area contributed by atoms with Crippen molar-refractivity contribution >= 4 is 11.8 Å². The number of hydrogen-bond acceptors (Lipinski definition) is 4. The first-order chi connectivity index (χ1) is 11.5. The third kappa shape index (κ3) is 5.67. The van der Waals surface area contributed by atoms with Gasteiger partial charge in [-0.3, -0.25) is 0 Å². The van der Waals surface area contributed by atoms with Gasteiger partial charge in [-0.1, -0.05) is 13.0 Å². The Labute approximate surface area is 144 Å². The Morgan fingerprint density at radius 2 is 2.00 bits per heavy atom. The number of hydrogen-bond donors (Lipinski definition) is 3. The van der Waals surface area contributed by atoms with Gasteiger partial charge in [-0.25, -0.2) is 9.78 Å². The molecule has 24 heavy (non-hydrogen) atoms. The highest BCUT2D eigenvalue weighted by atomic mass is 16.3. The minimum Gasteiger partial charge on any atom is -0.393 e. The molecule has 0 bridgehead atoms. The summed E-state index contributed by atoms with van der Waals surface area (Å²) in [5, 5.41) is 15.1. The summed E-state index contributed by atoms with van der Waals surface area (Å²) >= 11 is 0. The second kappa shape index (κ2) is 8.87. The van der Waals surface area contributed by atoms with E-state index in [2.05, 4.69) is 20.5 Å². The van der Waals surface area contributed by atoms with Crippen LogP contribution in [0.3, 0.4) is 0 Å². The number of carbonyl (C=O) groups excluding carboxylic acids is 1. The third-order valence-corrected chi connectivity index (χ3v) is 4.29. The predicted octanol–water partition coefficient (Wildman–Crippen LogP) is 2.20. The molecule has 2 unspecified atom stereocenters. The second-order valence-electron chi connectivity index (χ2n) is 6.88. The van der Waals surface area contributed by atoms with Gasteiger partial charge >= 0.3 is 6.03 Å². The molecule has 0 aromatic carbocycles. The first kappa shape index (κ1) is 18.5.